The maximum absolute atomic E-state index is 14.9. The quantitative estimate of drug-likeness (QED) is 0.122. The van der Waals surface area contributed by atoms with Crippen molar-refractivity contribution in [3.05, 3.63) is 84.9 Å². The van der Waals surface area contributed by atoms with E-state index < -0.39 is 0 Å². The fraction of sp³-hybridized carbons (Fsp3) is 0.308. The van der Waals surface area contributed by atoms with E-state index in [1.54, 1.807) is 12.3 Å². The van der Waals surface area contributed by atoms with Crippen LogP contribution in [0.3, 0.4) is 0 Å². The third-order valence-corrected chi connectivity index (χ3v) is 9.83. The van der Waals surface area contributed by atoms with E-state index in [1.165, 1.54) is 18.9 Å². The number of halogens is 1. The van der Waals surface area contributed by atoms with Crippen LogP contribution in [0.4, 0.5) is 10.1 Å². The molecule has 9 nitrogen and oxygen atoms in total. The second-order valence-electron chi connectivity index (χ2n) is 13.3. The third kappa shape index (κ3) is 6.93. The van der Waals surface area contributed by atoms with Crippen LogP contribution in [-0.4, -0.2) is 70.3 Å². The molecule has 2 saturated heterocycles. The number of anilines is 1. The predicted molar refractivity (Wildman–Crippen MR) is 192 cm³/mol. The largest absolute Gasteiger partial charge is 0.492 e. The molecule has 4 N–H and O–H groups in total. The molecule has 250 valence electrons. The van der Waals surface area contributed by atoms with Crippen LogP contribution in [0.1, 0.15) is 32.1 Å². The van der Waals surface area contributed by atoms with E-state index in [9.17, 15) is 9.18 Å². The first-order chi connectivity index (χ1) is 24.1. The fourth-order valence-electron chi connectivity index (χ4n) is 7.26. The number of hydrogen-bond donors (Lipinski definition) is 4. The van der Waals surface area contributed by atoms with Gasteiger partial charge in [0.1, 0.15) is 23.9 Å². The molecule has 0 unspecified atom stereocenters. The van der Waals surface area contributed by atoms with Gasteiger partial charge in [-0.1, -0.05) is 18.2 Å². The summed E-state index contributed by atoms with van der Waals surface area (Å²) in [5.74, 6) is 0.644. The summed E-state index contributed by atoms with van der Waals surface area (Å²) in [6, 6.07) is 21.1. The van der Waals surface area contributed by atoms with Crippen molar-refractivity contribution in [2.75, 3.05) is 44.6 Å². The highest BCUT2D eigenvalue weighted by molar-refractivity contribution is 6.02. The molecule has 0 atom stereocenters. The molecule has 1 amide bonds. The summed E-state index contributed by atoms with van der Waals surface area (Å²) in [5, 5.41) is 16.2. The van der Waals surface area contributed by atoms with E-state index in [1.807, 2.05) is 48.7 Å². The number of benzene rings is 3. The lowest BCUT2D eigenvalue weighted by Crippen LogP contribution is -2.30. The molecule has 0 radical (unpaired) electrons. The molecule has 2 aliphatic heterocycles. The van der Waals surface area contributed by atoms with E-state index in [-0.39, 0.29) is 11.7 Å². The van der Waals surface area contributed by atoms with Gasteiger partial charge in [-0.15, -0.1) is 0 Å². The van der Waals surface area contributed by atoms with Crippen molar-refractivity contribution in [3.63, 3.8) is 0 Å². The van der Waals surface area contributed by atoms with Crippen molar-refractivity contribution in [1.29, 1.82) is 0 Å². The Morgan fingerprint density at radius 3 is 2.67 bits per heavy atom. The zero-order valence-electron chi connectivity index (χ0n) is 27.4. The van der Waals surface area contributed by atoms with Crippen LogP contribution < -0.4 is 15.4 Å². The standard InChI is InChI=1S/C39H40FN7O2/c40-29-17-27(19-31(21-29)49-15-14-47-12-1-2-13-47)32-4-3-5-35-33(32)22-37(44-35)39-34-20-26(6-7-36(34)45-46-39)28-18-30(24-42-23-28)43-38(48)16-25-8-10-41-11-9-25/h3-7,17-25,41,44H,1-2,8-16H2,(H,43,48)(H,45,46). The van der Waals surface area contributed by atoms with Crippen LogP contribution in [0.15, 0.2) is 79.1 Å². The number of hydrogen-bond acceptors (Lipinski definition) is 6. The molecule has 5 heterocycles. The van der Waals surface area contributed by atoms with Crippen LogP contribution in [0, 0.1) is 11.7 Å². The molecule has 6 aromatic rings. The molecule has 0 bridgehead atoms. The second kappa shape index (κ2) is 13.8. The van der Waals surface area contributed by atoms with Crippen LogP contribution in [-0.2, 0) is 4.79 Å². The Labute approximate surface area is 284 Å². The van der Waals surface area contributed by atoms with E-state index in [4.69, 9.17) is 4.74 Å². The third-order valence-electron chi connectivity index (χ3n) is 9.83. The highest BCUT2D eigenvalue weighted by Gasteiger charge is 2.18. The highest BCUT2D eigenvalue weighted by Crippen LogP contribution is 2.37. The summed E-state index contributed by atoms with van der Waals surface area (Å²) >= 11 is 0. The Balaban J connectivity index is 1.05. The van der Waals surface area contributed by atoms with Crippen molar-refractivity contribution in [3.8, 4) is 39.4 Å². The smallest absolute Gasteiger partial charge is 0.224 e. The predicted octanol–water partition coefficient (Wildman–Crippen LogP) is 7.38. The van der Waals surface area contributed by atoms with Gasteiger partial charge in [-0.25, -0.2) is 4.39 Å². The van der Waals surface area contributed by atoms with Gasteiger partial charge in [0.15, 0.2) is 0 Å². The van der Waals surface area contributed by atoms with Gasteiger partial charge in [-0.3, -0.25) is 19.8 Å². The number of rotatable bonds is 10. The van der Waals surface area contributed by atoms with E-state index >= 15 is 0 Å². The van der Waals surface area contributed by atoms with Gasteiger partial charge < -0.3 is 20.4 Å². The Bertz CT molecular complexity index is 2110. The number of nitrogens with one attached hydrogen (secondary N) is 4. The summed E-state index contributed by atoms with van der Waals surface area (Å²) in [6.45, 7) is 5.52. The number of likely N-dealkylation sites (tertiary alicyclic amines) is 1. The van der Waals surface area contributed by atoms with Gasteiger partial charge >= 0.3 is 0 Å². The Morgan fingerprint density at radius 1 is 0.918 bits per heavy atom. The van der Waals surface area contributed by atoms with Gasteiger partial charge in [-0.05, 0) is 117 Å². The van der Waals surface area contributed by atoms with Gasteiger partial charge in [0.25, 0.3) is 0 Å². The number of ether oxygens (including phenoxy) is 1. The number of piperidine rings is 1. The number of carbonyl (C=O) groups excluding carboxylic acids is 1. The fourth-order valence-corrected chi connectivity index (χ4v) is 7.26. The zero-order chi connectivity index (χ0) is 33.2. The molecule has 0 aliphatic carbocycles. The lowest BCUT2D eigenvalue weighted by Gasteiger charge is -2.21. The maximum Gasteiger partial charge on any atom is 0.224 e. The Hall–Kier alpha value is -5.06. The van der Waals surface area contributed by atoms with Crippen LogP contribution >= 0.6 is 0 Å². The molecular weight excluding hydrogens is 617 g/mol. The minimum absolute atomic E-state index is 0.0242. The molecule has 2 fully saturated rings. The van der Waals surface area contributed by atoms with E-state index in [2.05, 4.69) is 47.8 Å². The molecule has 8 rings (SSSR count). The number of amides is 1. The Morgan fingerprint density at radius 2 is 1.80 bits per heavy atom. The summed E-state index contributed by atoms with van der Waals surface area (Å²) in [5.41, 5.74) is 7.68. The van der Waals surface area contributed by atoms with Crippen molar-refractivity contribution in [1.82, 2.24) is 30.4 Å². The second-order valence-corrected chi connectivity index (χ2v) is 13.3. The zero-order valence-corrected chi connectivity index (χ0v) is 27.4. The van der Waals surface area contributed by atoms with Crippen LogP contribution in [0.2, 0.25) is 0 Å². The number of carbonyl (C=O) groups is 1. The van der Waals surface area contributed by atoms with Crippen molar-refractivity contribution in [2.45, 2.75) is 32.1 Å². The van der Waals surface area contributed by atoms with E-state index in [0.717, 1.165) is 101 Å². The number of fused-ring (bicyclic) bond motifs is 2. The van der Waals surface area contributed by atoms with Gasteiger partial charge in [0, 0.05) is 47.1 Å². The maximum atomic E-state index is 14.9. The SMILES string of the molecule is O=C(CC1CCNCC1)Nc1cncc(-c2ccc3[nH]nc(-c4cc5c(-c6cc(F)cc(OCCN7CCCC7)c6)cccc5[nH]4)c3c2)c1. The van der Waals surface area contributed by atoms with Crippen LogP contribution in [0.5, 0.6) is 5.75 Å². The van der Waals surface area contributed by atoms with Crippen molar-refractivity contribution >= 4 is 33.4 Å². The minimum atomic E-state index is -0.327. The minimum Gasteiger partial charge on any atom is -0.492 e. The first-order valence-electron chi connectivity index (χ1n) is 17.3. The number of aromatic nitrogens is 4. The number of nitrogens with zero attached hydrogens (tertiary/aromatic N) is 3. The normalized spacial score (nSPS) is 15.7. The van der Waals surface area contributed by atoms with Gasteiger partial charge in [0.2, 0.25) is 5.91 Å². The topological polar surface area (TPSA) is 111 Å². The lowest BCUT2D eigenvalue weighted by atomic mass is 9.94. The first kappa shape index (κ1) is 31.2. The molecule has 10 heteroatoms. The number of pyridine rings is 1. The average Bonchev–Trinajstić information content (AvgIpc) is 3.88. The van der Waals surface area contributed by atoms with E-state index in [0.29, 0.717) is 30.4 Å². The molecule has 0 saturated carbocycles. The molecule has 0 spiro atoms. The lowest BCUT2D eigenvalue weighted by molar-refractivity contribution is -0.117. The Kier molecular flexibility index (Phi) is 8.80. The summed E-state index contributed by atoms with van der Waals surface area (Å²) in [6.07, 6.45) is 8.53. The molecular formula is C39H40FN7O2. The monoisotopic (exact) mass is 657 g/mol. The van der Waals surface area contributed by atoms with Crippen molar-refractivity contribution in [2.24, 2.45) is 5.92 Å². The number of H-pyrrole nitrogens is 2. The summed E-state index contributed by atoms with van der Waals surface area (Å²) in [4.78, 5) is 23.1. The van der Waals surface area contributed by atoms with Crippen molar-refractivity contribution < 1.29 is 13.9 Å². The van der Waals surface area contributed by atoms with Gasteiger partial charge in [0.05, 0.1) is 23.1 Å². The van der Waals surface area contributed by atoms with Gasteiger partial charge in [-0.2, -0.15) is 5.10 Å². The molecule has 2 aliphatic rings. The average molecular weight is 658 g/mol. The molecule has 3 aromatic carbocycles. The molecule has 3 aromatic heterocycles. The molecule has 49 heavy (non-hydrogen) atoms. The summed E-state index contributed by atoms with van der Waals surface area (Å²) < 4.78 is 20.9. The highest BCUT2D eigenvalue weighted by atomic mass is 19.1. The first-order valence-corrected chi connectivity index (χ1v) is 17.3. The number of aromatic amines is 2. The summed E-state index contributed by atoms with van der Waals surface area (Å²) in [7, 11) is 0. The van der Waals surface area contributed by atoms with Crippen LogP contribution in [0.25, 0.3) is 55.4 Å².